The number of para-hydroxylation sites is 1. The minimum Gasteiger partial charge on any atom is -0.462 e. The van der Waals surface area contributed by atoms with Gasteiger partial charge in [0.2, 0.25) is 0 Å². The van der Waals surface area contributed by atoms with Gasteiger partial charge in [-0.25, -0.2) is 13.9 Å². The first-order valence-electron chi connectivity index (χ1n) is 12.7. The van der Waals surface area contributed by atoms with Crippen molar-refractivity contribution in [3.63, 3.8) is 0 Å². The van der Waals surface area contributed by atoms with E-state index in [1.807, 2.05) is 66.7 Å². The van der Waals surface area contributed by atoms with Crippen LogP contribution >= 0.6 is 11.3 Å². The Balaban J connectivity index is 1.52. The normalized spacial score (nSPS) is 11.1. The number of rotatable bonds is 8. The molecule has 0 bridgehead atoms. The molecule has 3 aromatic carbocycles. The fourth-order valence-electron chi connectivity index (χ4n) is 4.20. The molecule has 0 aliphatic carbocycles. The maximum absolute atomic E-state index is 13.5. The minimum atomic E-state index is -0.697. The van der Waals surface area contributed by atoms with Crippen molar-refractivity contribution in [2.75, 3.05) is 11.9 Å². The molecule has 0 spiro atoms. The number of esters is 1. The smallest absolute Gasteiger partial charge is 0.341 e. The molecule has 2 aromatic heterocycles. The Kier molecular flexibility index (Phi) is 8.13. The van der Waals surface area contributed by atoms with E-state index in [0.717, 1.165) is 22.6 Å². The van der Waals surface area contributed by atoms with Crippen LogP contribution in [0.4, 0.5) is 9.39 Å². The van der Waals surface area contributed by atoms with Gasteiger partial charge in [-0.1, -0.05) is 60.7 Å². The molecule has 0 aliphatic heterocycles. The number of halogens is 1. The molecule has 0 aliphatic rings. The first-order valence-corrected chi connectivity index (χ1v) is 13.5. The fourth-order valence-corrected chi connectivity index (χ4v) is 5.15. The Morgan fingerprint density at radius 3 is 2.37 bits per heavy atom. The van der Waals surface area contributed by atoms with E-state index in [4.69, 9.17) is 9.84 Å². The number of ether oxygens (including phenoxy) is 1. The highest BCUT2D eigenvalue weighted by Gasteiger charge is 2.24. The molecule has 0 saturated carbocycles. The van der Waals surface area contributed by atoms with E-state index in [2.05, 4.69) is 5.32 Å². The molecule has 5 aromatic rings. The van der Waals surface area contributed by atoms with Crippen LogP contribution in [0.2, 0.25) is 0 Å². The van der Waals surface area contributed by atoms with Crippen LogP contribution in [0.5, 0.6) is 0 Å². The van der Waals surface area contributed by atoms with Gasteiger partial charge in [0.15, 0.2) is 0 Å². The first-order chi connectivity index (χ1) is 20.0. The summed E-state index contributed by atoms with van der Waals surface area (Å²) in [6, 6.07) is 26.6. The van der Waals surface area contributed by atoms with Crippen LogP contribution in [0, 0.1) is 17.1 Å². The summed E-state index contributed by atoms with van der Waals surface area (Å²) in [5, 5.41) is 19.3. The third-order valence-corrected chi connectivity index (χ3v) is 7.02. The van der Waals surface area contributed by atoms with Crippen LogP contribution in [-0.2, 0) is 9.53 Å². The molecule has 0 saturated heterocycles. The van der Waals surface area contributed by atoms with Crippen LogP contribution in [0.3, 0.4) is 0 Å². The number of hydrogen-bond acceptors (Lipinski definition) is 6. The van der Waals surface area contributed by atoms with Crippen LogP contribution in [0.1, 0.15) is 22.8 Å². The third-order valence-electron chi connectivity index (χ3n) is 6.13. The lowest BCUT2D eigenvalue weighted by atomic mass is 10.0. The van der Waals surface area contributed by atoms with Gasteiger partial charge >= 0.3 is 5.97 Å². The highest BCUT2D eigenvalue weighted by Crippen LogP contribution is 2.37. The van der Waals surface area contributed by atoms with E-state index < -0.39 is 17.7 Å². The molecule has 7 nitrogen and oxygen atoms in total. The number of nitrogens with zero attached hydrogens (tertiary/aromatic N) is 3. The second kappa shape index (κ2) is 12.2. The summed E-state index contributed by atoms with van der Waals surface area (Å²) in [6.07, 6.45) is 3.23. The number of thiophene rings is 1. The van der Waals surface area contributed by atoms with Crippen LogP contribution in [0.25, 0.3) is 34.1 Å². The summed E-state index contributed by atoms with van der Waals surface area (Å²) >= 11 is 1.11. The molecule has 202 valence electrons. The van der Waals surface area contributed by atoms with Gasteiger partial charge in [-0.05, 0) is 42.8 Å². The molecule has 0 radical (unpaired) electrons. The van der Waals surface area contributed by atoms with Crippen molar-refractivity contribution in [1.29, 1.82) is 5.26 Å². The number of aromatic nitrogens is 2. The van der Waals surface area contributed by atoms with Crippen molar-refractivity contribution < 1.29 is 18.7 Å². The quantitative estimate of drug-likeness (QED) is 0.123. The zero-order valence-electron chi connectivity index (χ0n) is 21.9. The van der Waals surface area contributed by atoms with Crippen molar-refractivity contribution >= 4 is 34.3 Å². The van der Waals surface area contributed by atoms with Crippen molar-refractivity contribution in [3.05, 3.63) is 119 Å². The highest BCUT2D eigenvalue weighted by molar-refractivity contribution is 7.15. The van der Waals surface area contributed by atoms with Crippen LogP contribution in [-0.4, -0.2) is 28.3 Å². The van der Waals surface area contributed by atoms with Gasteiger partial charge < -0.3 is 10.1 Å². The Hall–Kier alpha value is -5.33. The highest BCUT2D eigenvalue weighted by atomic mass is 32.1. The number of anilines is 1. The zero-order valence-corrected chi connectivity index (χ0v) is 22.7. The third kappa shape index (κ3) is 5.98. The van der Waals surface area contributed by atoms with Crippen LogP contribution in [0.15, 0.2) is 102 Å². The molecule has 5 rings (SSSR count). The average Bonchev–Trinajstić information content (AvgIpc) is 3.62. The maximum Gasteiger partial charge on any atom is 0.341 e. The van der Waals surface area contributed by atoms with Gasteiger partial charge in [0.05, 0.1) is 18.0 Å². The molecular formula is C32H23FN4O3S. The van der Waals surface area contributed by atoms with E-state index in [1.54, 1.807) is 35.3 Å². The van der Waals surface area contributed by atoms with E-state index in [-0.39, 0.29) is 22.7 Å². The van der Waals surface area contributed by atoms with Crippen molar-refractivity contribution in [2.45, 2.75) is 6.92 Å². The Bertz CT molecular complexity index is 1770. The lowest BCUT2D eigenvalue weighted by Gasteiger charge is -2.09. The lowest BCUT2D eigenvalue weighted by molar-refractivity contribution is -0.112. The predicted molar refractivity (Wildman–Crippen MR) is 157 cm³/mol. The standard InChI is InChI=1S/C32H23FN4O3S/c1-2-40-32(39)28-27(21-13-15-25(33)16-14-21)20-41-31(28)35-30(38)23(18-34)17-24-19-37(26-11-7-4-8-12-26)36-29(24)22-9-5-3-6-10-22/h3-17,19-20H,2H2,1H3,(H,35,38). The number of hydrogen-bond donors (Lipinski definition) is 1. The molecule has 41 heavy (non-hydrogen) atoms. The summed E-state index contributed by atoms with van der Waals surface area (Å²) in [7, 11) is 0. The zero-order chi connectivity index (χ0) is 28.8. The van der Waals surface area contributed by atoms with Crippen molar-refractivity contribution in [2.24, 2.45) is 0 Å². The molecule has 2 heterocycles. The minimum absolute atomic E-state index is 0.127. The molecule has 0 fully saturated rings. The fraction of sp³-hybridized carbons (Fsp3) is 0.0625. The number of amides is 1. The number of nitriles is 1. The number of nitrogens with one attached hydrogen (secondary N) is 1. The topological polar surface area (TPSA) is 97.0 Å². The monoisotopic (exact) mass is 562 g/mol. The molecular weight excluding hydrogens is 539 g/mol. The Morgan fingerprint density at radius 2 is 1.71 bits per heavy atom. The van der Waals surface area contributed by atoms with Gasteiger partial charge in [-0.2, -0.15) is 10.4 Å². The Morgan fingerprint density at radius 1 is 1.02 bits per heavy atom. The van der Waals surface area contributed by atoms with Gasteiger partial charge in [0.1, 0.15) is 28.0 Å². The average molecular weight is 563 g/mol. The summed E-state index contributed by atoms with van der Waals surface area (Å²) in [6.45, 7) is 1.80. The first kappa shape index (κ1) is 27.2. The van der Waals surface area contributed by atoms with Crippen LogP contribution < -0.4 is 5.32 Å². The van der Waals surface area contributed by atoms with E-state index in [1.165, 1.54) is 18.2 Å². The molecule has 1 N–H and O–H groups in total. The second-order valence-corrected chi connectivity index (χ2v) is 9.66. The lowest BCUT2D eigenvalue weighted by Crippen LogP contribution is -2.16. The van der Waals surface area contributed by atoms with Gasteiger partial charge in [-0.15, -0.1) is 11.3 Å². The Labute approximate surface area is 239 Å². The summed E-state index contributed by atoms with van der Waals surface area (Å²) in [4.78, 5) is 26.3. The molecule has 9 heteroatoms. The maximum atomic E-state index is 13.5. The molecule has 1 amide bonds. The molecule has 0 atom stereocenters. The van der Waals surface area contributed by atoms with Crippen molar-refractivity contribution in [3.8, 4) is 34.1 Å². The number of benzene rings is 3. The number of carbonyl (C=O) groups excluding carboxylic acids is 2. The van der Waals surface area contributed by atoms with E-state index in [0.29, 0.717) is 22.4 Å². The van der Waals surface area contributed by atoms with Gasteiger partial charge in [0.25, 0.3) is 5.91 Å². The van der Waals surface area contributed by atoms with Crippen molar-refractivity contribution in [1.82, 2.24) is 9.78 Å². The van der Waals surface area contributed by atoms with Gasteiger partial charge in [-0.3, -0.25) is 4.79 Å². The van der Waals surface area contributed by atoms with E-state index >= 15 is 0 Å². The largest absolute Gasteiger partial charge is 0.462 e. The SMILES string of the molecule is CCOC(=O)c1c(-c2ccc(F)cc2)csc1NC(=O)C(C#N)=Cc1cn(-c2ccccc2)nc1-c1ccccc1. The second-order valence-electron chi connectivity index (χ2n) is 8.78. The summed E-state index contributed by atoms with van der Waals surface area (Å²) in [5.74, 6) is -1.75. The van der Waals surface area contributed by atoms with E-state index in [9.17, 15) is 19.2 Å². The summed E-state index contributed by atoms with van der Waals surface area (Å²) < 4.78 is 20.4. The molecule has 0 unspecified atom stereocenters. The summed E-state index contributed by atoms with van der Waals surface area (Å²) in [5.41, 5.74) is 3.82. The predicted octanol–water partition coefficient (Wildman–Crippen LogP) is 7.13. The van der Waals surface area contributed by atoms with Gasteiger partial charge in [0, 0.05) is 28.3 Å². The number of carbonyl (C=O) groups is 2.